The quantitative estimate of drug-likeness (QED) is 0.398. The number of allylic oxidation sites excluding steroid dienone is 1. The van der Waals surface area contributed by atoms with Crippen molar-refractivity contribution in [3.8, 4) is 5.75 Å². The number of amides is 2. The number of hydrogen-bond donors (Lipinski definition) is 0. The van der Waals surface area contributed by atoms with Crippen LogP contribution in [0.4, 0.5) is 8.78 Å². The average Bonchev–Trinajstić information content (AvgIpc) is 3.29. The molecule has 3 aromatic rings. The Kier molecular flexibility index (Phi) is 7.34. The van der Waals surface area contributed by atoms with Crippen LogP contribution in [-0.2, 0) is 13.0 Å². The number of rotatable bonds is 6. The lowest BCUT2D eigenvalue weighted by atomic mass is 9.96. The van der Waals surface area contributed by atoms with E-state index in [1.807, 2.05) is 27.7 Å². The van der Waals surface area contributed by atoms with Crippen LogP contribution in [0.1, 0.15) is 83.3 Å². The molecule has 0 aliphatic carbocycles. The largest absolute Gasteiger partial charge is 0.433 e. The fourth-order valence-corrected chi connectivity index (χ4v) is 5.40. The van der Waals surface area contributed by atoms with E-state index in [0.29, 0.717) is 30.0 Å². The predicted octanol–water partition coefficient (Wildman–Crippen LogP) is 5.33. The number of nitrogens with zero attached hydrogens (tertiary/aromatic N) is 6. The number of fused-ring (bicyclic) bond motifs is 3. The van der Waals surface area contributed by atoms with Crippen LogP contribution in [0.25, 0.3) is 5.57 Å². The normalized spacial score (nSPS) is 19.4. The Balaban J connectivity index is 1.44. The van der Waals surface area contributed by atoms with Gasteiger partial charge in [0.1, 0.15) is 11.4 Å². The number of carbonyl (C=O) groups excluding carboxylic acids is 2. The molecule has 2 aromatic heterocycles. The monoisotopic (exact) mass is 570 g/mol. The van der Waals surface area contributed by atoms with Crippen molar-refractivity contribution >= 4 is 29.0 Å². The molecule has 0 N–H and O–H groups in total. The van der Waals surface area contributed by atoms with Gasteiger partial charge in [-0.1, -0.05) is 18.2 Å². The second-order valence-electron chi connectivity index (χ2n) is 10.3. The summed E-state index contributed by atoms with van der Waals surface area (Å²) in [6.07, 6.45) is 3.86. The first-order valence-electron chi connectivity index (χ1n) is 12.9. The summed E-state index contributed by atoms with van der Waals surface area (Å²) < 4.78 is 31.9. The maximum absolute atomic E-state index is 13.9. The molecular formula is C28H29ClF2N6O3. The molecule has 2 aliphatic heterocycles. The van der Waals surface area contributed by atoms with Crippen molar-refractivity contribution in [1.82, 2.24) is 29.5 Å². The van der Waals surface area contributed by atoms with Gasteiger partial charge in [0.25, 0.3) is 11.8 Å². The molecule has 0 bridgehead atoms. The minimum absolute atomic E-state index is 0.0232. The Bertz CT molecular complexity index is 1490. The molecule has 0 saturated carbocycles. The lowest BCUT2D eigenvalue weighted by Crippen LogP contribution is -2.45. The van der Waals surface area contributed by atoms with Crippen LogP contribution in [-0.4, -0.2) is 60.6 Å². The van der Waals surface area contributed by atoms with Gasteiger partial charge in [-0.15, -0.1) is 0 Å². The molecule has 0 saturated heterocycles. The van der Waals surface area contributed by atoms with Crippen molar-refractivity contribution in [2.45, 2.75) is 65.4 Å². The number of ether oxygens (including phenoxy) is 1. The van der Waals surface area contributed by atoms with E-state index in [1.54, 1.807) is 26.9 Å². The highest BCUT2D eigenvalue weighted by Crippen LogP contribution is 2.36. The second kappa shape index (κ2) is 10.6. The standard InChI is InChI=1S/C28H29ClF2N6O3/c1-14(2)25-32-10-19(11-33-25)17(5)36-12-16(4)37-24(27(36)39)20-13-35(15(3)8-22(20)34-37)26(38)18-6-7-21(29)23(9-18)40-28(30)31/h6-7,9-11,15-17,28H,1,8,12-13H2,2-5H3/t15-,16-,17?/m1/s1. The number of halogens is 3. The Labute approximate surface area is 235 Å². The lowest BCUT2D eigenvalue weighted by molar-refractivity contribution is -0.0498. The van der Waals surface area contributed by atoms with Gasteiger partial charge in [-0.2, -0.15) is 13.9 Å². The highest BCUT2D eigenvalue weighted by molar-refractivity contribution is 6.32. The van der Waals surface area contributed by atoms with Gasteiger partial charge in [-0.25, -0.2) is 9.97 Å². The average molecular weight is 571 g/mol. The van der Waals surface area contributed by atoms with Gasteiger partial charge in [0.05, 0.1) is 29.3 Å². The summed E-state index contributed by atoms with van der Waals surface area (Å²) in [6.45, 7) is 9.03. The minimum Gasteiger partial charge on any atom is -0.433 e. The molecule has 1 aromatic carbocycles. The molecule has 0 spiro atoms. The molecule has 40 heavy (non-hydrogen) atoms. The van der Waals surface area contributed by atoms with Gasteiger partial charge in [0.2, 0.25) is 0 Å². The number of carbonyl (C=O) groups is 2. The number of benzene rings is 1. The van der Waals surface area contributed by atoms with Crippen molar-refractivity contribution in [2.24, 2.45) is 0 Å². The summed E-state index contributed by atoms with van der Waals surface area (Å²) in [5.74, 6) is -0.298. The van der Waals surface area contributed by atoms with Crippen LogP contribution in [0, 0.1) is 0 Å². The van der Waals surface area contributed by atoms with Crippen molar-refractivity contribution < 1.29 is 23.1 Å². The first kappa shape index (κ1) is 27.7. The van der Waals surface area contributed by atoms with E-state index in [9.17, 15) is 18.4 Å². The van der Waals surface area contributed by atoms with Crippen LogP contribution in [0.15, 0.2) is 37.2 Å². The lowest BCUT2D eigenvalue weighted by Gasteiger charge is -2.37. The van der Waals surface area contributed by atoms with Gasteiger partial charge < -0.3 is 14.5 Å². The number of alkyl halides is 2. The molecule has 1 unspecified atom stereocenters. The Morgan fingerprint density at radius 1 is 1.20 bits per heavy atom. The fourth-order valence-electron chi connectivity index (χ4n) is 5.24. The first-order chi connectivity index (χ1) is 19.0. The summed E-state index contributed by atoms with van der Waals surface area (Å²) in [6, 6.07) is 3.40. The van der Waals surface area contributed by atoms with E-state index in [1.165, 1.54) is 18.2 Å². The molecule has 9 nitrogen and oxygen atoms in total. The minimum atomic E-state index is -3.08. The zero-order chi connectivity index (χ0) is 28.9. The zero-order valence-electron chi connectivity index (χ0n) is 22.6. The highest BCUT2D eigenvalue weighted by Gasteiger charge is 2.40. The van der Waals surface area contributed by atoms with E-state index in [-0.39, 0.29) is 52.8 Å². The topological polar surface area (TPSA) is 93.5 Å². The van der Waals surface area contributed by atoms with Gasteiger partial charge in [0, 0.05) is 48.1 Å². The Morgan fingerprint density at radius 3 is 2.55 bits per heavy atom. The highest BCUT2D eigenvalue weighted by atomic mass is 35.5. The number of aromatic nitrogens is 4. The molecule has 210 valence electrons. The maximum atomic E-state index is 13.9. The third kappa shape index (κ3) is 4.94. The summed E-state index contributed by atoms with van der Waals surface area (Å²) >= 11 is 5.98. The first-order valence-corrected chi connectivity index (χ1v) is 13.3. The van der Waals surface area contributed by atoms with Crippen molar-refractivity contribution in [3.63, 3.8) is 0 Å². The summed E-state index contributed by atoms with van der Waals surface area (Å²) in [5, 5.41) is 4.75. The Morgan fingerprint density at radius 2 is 1.90 bits per heavy atom. The summed E-state index contributed by atoms with van der Waals surface area (Å²) in [7, 11) is 0. The van der Waals surface area contributed by atoms with Gasteiger partial charge in [-0.05, 0) is 51.5 Å². The molecule has 3 atom stereocenters. The third-order valence-corrected chi connectivity index (χ3v) is 7.75. The van der Waals surface area contributed by atoms with Crippen LogP contribution in [0.5, 0.6) is 5.75 Å². The molecule has 4 heterocycles. The van der Waals surface area contributed by atoms with Gasteiger partial charge in [-0.3, -0.25) is 14.3 Å². The van der Waals surface area contributed by atoms with Crippen LogP contribution in [0.2, 0.25) is 5.02 Å². The van der Waals surface area contributed by atoms with Crippen LogP contribution < -0.4 is 4.74 Å². The van der Waals surface area contributed by atoms with E-state index in [4.69, 9.17) is 16.7 Å². The fraction of sp³-hybridized carbons (Fsp3) is 0.393. The molecule has 0 fully saturated rings. The number of hydrogen-bond acceptors (Lipinski definition) is 6. The van der Waals surface area contributed by atoms with Crippen LogP contribution in [0.3, 0.4) is 0 Å². The van der Waals surface area contributed by atoms with E-state index >= 15 is 0 Å². The Hall–Kier alpha value is -3.86. The van der Waals surface area contributed by atoms with Crippen molar-refractivity contribution in [3.05, 3.63) is 76.1 Å². The summed E-state index contributed by atoms with van der Waals surface area (Å²) in [4.78, 5) is 39.6. The SMILES string of the molecule is C=C(C)c1ncc(C(C)N2C[C@@H](C)n3nc4c(c3C2=O)CN(C(=O)c2ccc(Cl)c(OC(F)F)c2)[C@H](C)C4)cn1. The predicted molar refractivity (Wildman–Crippen MR) is 144 cm³/mol. The molecule has 5 rings (SSSR count). The van der Waals surface area contributed by atoms with E-state index in [2.05, 4.69) is 21.3 Å². The van der Waals surface area contributed by atoms with Crippen molar-refractivity contribution in [2.75, 3.05) is 6.54 Å². The van der Waals surface area contributed by atoms with Gasteiger partial charge >= 0.3 is 6.61 Å². The summed E-state index contributed by atoms with van der Waals surface area (Å²) in [5.41, 5.74) is 3.61. The van der Waals surface area contributed by atoms with E-state index in [0.717, 1.165) is 16.8 Å². The smallest absolute Gasteiger partial charge is 0.387 e. The molecule has 0 radical (unpaired) electrons. The van der Waals surface area contributed by atoms with Gasteiger partial charge in [0.15, 0.2) is 5.82 Å². The molecule has 2 amide bonds. The molecule has 12 heteroatoms. The zero-order valence-corrected chi connectivity index (χ0v) is 23.3. The third-order valence-electron chi connectivity index (χ3n) is 7.44. The van der Waals surface area contributed by atoms with Crippen molar-refractivity contribution in [1.29, 1.82) is 0 Å². The van der Waals surface area contributed by atoms with Crippen LogP contribution >= 0.6 is 11.6 Å². The maximum Gasteiger partial charge on any atom is 0.387 e. The second-order valence-corrected chi connectivity index (χ2v) is 10.7. The molecule has 2 aliphatic rings. The van der Waals surface area contributed by atoms with E-state index < -0.39 is 6.61 Å². The molecular weight excluding hydrogens is 542 g/mol.